The van der Waals surface area contributed by atoms with E-state index in [9.17, 15) is 4.79 Å². The molecule has 2 aromatic rings. The lowest BCUT2D eigenvalue weighted by molar-refractivity contribution is 0.594. The van der Waals surface area contributed by atoms with Crippen LogP contribution in [0.3, 0.4) is 0 Å². The largest absolute Gasteiger partial charge is 0.455 e. The molecule has 0 atom stereocenters. The van der Waals surface area contributed by atoms with E-state index in [0.717, 1.165) is 13.6 Å². The van der Waals surface area contributed by atoms with Gasteiger partial charge in [-0.25, -0.2) is 4.49 Å². The molecule has 3 rings (SSSR count). The Labute approximate surface area is 104 Å². The van der Waals surface area contributed by atoms with Crippen LogP contribution < -0.4 is 9.92 Å². The molecule has 0 unspecified atom stereocenters. The zero-order chi connectivity index (χ0) is 11.7. The molecule has 0 bridgehead atoms. The van der Waals surface area contributed by atoms with Gasteiger partial charge in [0.05, 0.1) is 10.7 Å². The van der Waals surface area contributed by atoms with Gasteiger partial charge < -0.3 is 4.42 Å². The number of fused-ring (bicyclic) bond motifs is 1. The van der Waals surface area contributed by atoms with Gasteiger partial charge in [-0.1, -0.05) is 12.1 Å². The van der Waals surface area contributed by atoms with Crippen LogP contribution in [-0.4, -0.2) is 5.29 Å². The van der Waals surface area contributed by atoms with Gasteiger partial charge in [0, 0.05) is 14.4 Å². The highest BCUT2D eigenvalue weighted by Crippen LogP contribution is 2.19. The molecular weight excluding hydrogens is 253 g/mol. The normalized spacial score (nSPS) is 15.9. The van der Waals surface area contributed by atoms with Gasteiger partial charge in [-0.2, -0.15) is 0 Å². The van der Waals surface area contributed by atoms with Crippen molar-refractivity contribution in [3.8, 4) is 0 Å². The highest BCUT2D eigenvalue weighted by atomic mass is 32.2. The predicted octanol–water partition coefficient (Wildman–Crippen LogP) is 2.94. The predicted molar refractivity (Wildman–Crippen MR) is 73.4 cm³/mol. The minimum absolute atomic E-state index is 0.00354. The van der Waals surface area contributed by atoms with Crippen molar-refractivity contribution in [1.82, 2.24) is 4.49 Å². The van der Waals surface area contributed by atoms with Gasteiger partial charge in [0.1, 0.15) is 11.3 Å². The highest BCUT2D eigenvalue weighted by molar-refractivity contribution is 8.03. The SMILES string of the molecule is O=c1cc(C2=PNSC=C2)oc2ccccc12. The Kier molecular flexibility index (Phi) is 2.85. The standard InChI is InChI=1S/C12H8NO2PS/c14-9-7-11(12-5-6-17-13-16-12)15-10-4-2-1-3-8(9)10/h1-7,13H. The first kappa shape index (κ1) is 10.8. The number of benzene rings is 1. The molecular formula is C12H8NO2PS. The average molecular weight is 261 g/mol. The molecule has 1 aromatic heterocycles. The third-order valence-electron chi connectivity index (χ3n) is 2.40. The average Bonchev–Trinajstić information content (AvgIpc) is 2.40. The maximum atomic E-state index is 11.9. The summed E-state index contributed by atoms with van der Waals surface area (Å²) in [6.07, 6.45) is 1.95. The Morgan fingerprint density at radius 2 is 2.18 bits per heavy atom. The van der Waals surface area contributed by atoms with E-state index in [-0.39, 0.29) is 5.43 Å². The van der Waals surface area contributed by atoms with Crippen molar-refractivity contribution in [3.63, 3.8) is 0 Å². The van der Waals surface area contributed by atoms with E-state index in [2.05, 4.69) is 4.49 Å². The lowest BCUT2D eigenvalue weighted by Crippen LogP contribution is -2.07. The molecule has 2 heterocycles. The zero-order valence-corrected chi connectivity index (χ0v) is 10.4. The Balaban J connectivity index is 2.22. The number of rotatable bonds is 1. The van der Waals surface area contributed by atoms with Gasteiger partial charge in [-0.05, 0) is 35.6 Å². The van der Waals surface area contributed by atoms with Crippen LogP contribution in [0.5, 0.6) is 0 Å². The molecule has 0 saturated carbocycles. The zero-order valence-electron chi connectivity index (χ0n) is 8.71. The Bertz CT molecular complexity index is 690. The fourth-order valence-electron chi connectivity index (χ4n) is 1.61. The maximum absolute atomic E-state index is 11.9. The van der Waals surface area contributed by atoms with E-state index < -0.39 is 0 Å². The van der Waals surface area contributed by atoms with Crippen LogP contribution in [0.4, 0.5) is 0 Å². The second-order valence-electron chi connectivity index (χ2n) is 3.48. The first-order valence-electron chi connectivity index (χ1n) is 5.03. The number of hydrogen-bond donors (Lipinski definition) is 1. The summed E-state index contributed by atoms with van der Waals surface area (Å²) in [6.45, 7) is 0. The molecule has 1 N–H and O–H groups in total. The van der Waals surface area contributed by atoms with Gasteiger partial charge in [0.15, 0.2) is 5.43 Å². The summed E-state index contributed by atoms with van der Waals surface area (Å²) in [5.41, 5.74) is 0.625. The van der Waals surface area contributed by atoms with Gasteiger partial charge in [0.25, 0.3) is 0 Å². The van der Waals surface area contributed by atoms with Crippen molar-refractivity contribution in [1.29, 1.82) is 0 Å². The van der Waals surface area contributed by atoms with Crippen LogP contribution in [0.25, 0.3) is 11.0 Å². The van der Waals surface area contributed by atoms with E-state index >= 15 is 0 Å². The maximum Gasteiger partial charge on any atom is 0.193 e. The number of hydrogen-bond acceptors (Lipinski definition) is 4. The van der Waals surface area contributed by atoms with Crippen molar-refractivity contribution in [2.75, 3.05) is 0 Å². The molecule has 3 nitrogen and oxygen atoms in total. The van der Waals surface area contributed by atoms with Gasteiger partial charge in [-0.15, -0.1) is 0 Å². The smallest absolute Gasteiger partial charge is 0.193 e. The fourth-order valence-corrected chi connectivity index (χ4v) is 3.13. The van der Waals surface area contributed by atoms with E-state index in [4.69, 9.17) is 4.42 Å². The molecule has 0 spiro atoms. The quantitative estimate of drug-likeness (QED) is 0.633. The van der Waals surface area contributed by atoms with Gasteiger partial charge >= 0.3 is 0 Å². The number of nitrogens with one attached hydrogen (secondary N) is 1. The summed E-state index contributed by atoms with van der Waals surface area (Å²) in [6, 6.07) is 8.84. The molecule has 84 valence electrons. The van der Waals surface area contributed by atoms with Crippen LogP contribution >= 0.6 is 20.3 Å². The molecule has 5 heteroatoms. The second-order valence-corrected chi connectivity index (χ2v) is 5.42. The van der Waals surface area contributed by atoms with Crippen molar-refractivity contribution in [3.05, 3.63) is 57.8 Å². The molecule has 0 amide bonds. The van der Waals surface area contributed by atoms with E-state index in [1.54, 1.807) is 12.1 Å². The van der Waals surface area contributed by atoms with Gasteiger partial charge in [0.2, 0.25) is 0 Å². The van der Waals surface area contributed by atoms with Crippen LogP contribution in [0, 0.1) is 0 Å². The molecule has 1 aromatic carbocycles. The molecule has 0 radical (unpaired) electrons. The summed E-state index contributed by atoms with van der Waals surface area (Å²) >= 11 is 1.52. The lowest BCUT2D eigenvalue weighted by Gasteiger charge is -2.06. The van der Waals surface area contributed by atoms with E-state index in [1.165, 1.54) is 11.9 Å². The third-order valence-corrected chi connectivity index (χ3v) is 4.07. The summed E-state index contributed by atoms with van der Waals surface area (Å²) in [5, 5.41) is 3.52. The molecule has 1 aliphatic rings. The lowest BCUT2D eigenvalue weighted by atomic mass is 10.2. The van der Waals surface area contributed by atoms with Gasteiger partial charge in [-0.3, -0.25) is 4.79 Å². The molecule has 0 saturated heterocycles. The highest BCUT2D eigenvalue weighted by Gasteiger charge is 2.08. The van der Waals surface area contributed by atoms with E-state index in [1.807, 2.05) is 29.7 Å². The van der Waals surface area contributed by atoms with Crippen molar-refractivity contribution >= 4 is 36.6 Å². The second kappa shape index (κ2) is 4.49. The summed E-state index contributed by atoms with van der Waals surface area (Å²) in [5.74, 6) is 0.624. The van der Waals surface area contributed by atoms with E-state index in [0.29, 0.717) is 16.7 Å². The Morgan fingerprint density at radius 3 is 3.00 bits per heavy atom. The van der Waals surface area contributed by atoms with Crippen LogP contribution in [0.2, 0.25) is 0 Å². The number of para-hydroxylation sites is 1. The topological polar surface area (TPSA) is 42.2 Å². The summed E-state index contributed by atoms with van der Waals surface area (Å²) in [4.78, 5) is 11.9. The van der Waals surface area contributed by atoms with Crippen LogP contribution in [0.1, 0.15) is 5.76 Å². The summed E-state index contributed by atoms with van der Waals surface area (Å²) < 4.78 is 8.84. The summed E-state index contributed by atoms with van der Waals surface area (Å²) in [7, 11) is 0.946. The molecule has 17 heavy (non-hydrogen) atoms. The first-order valence-corrected chi connectivity index (χ1v) is 6.80. The van der Waals surface area contributed by atoms with Crippen molar-refractivity contribution in [2.45, 2.75) is 0 Å². The first-order chi connectivity index (χ1) is 8.34. The number of allylic oxidation sites excluding steroid dienone is 1. The van der Waals surface area contributed by atoms with Crippen molar-refractivity contribution in [2.24, 2.45) is 0 Å². The minimum atomic E-state index is -0.00354. The van der Waals surface area contributed by atoms with Crippen molar-refractivity contribution < 1.29 is 4.42 Å². The third kappa shape index (κ3) is 2.07. The molecule has 0 fully saturated rings. The Morgan fingerprint density at radius 1 is 1.29 bits per heavy atom. The van der Waals surface area contributed by atoms with Crippen LogP contribution in [-0.2, 0) is 0 Å². The monoisotopic (exact) mass is 261 g/mol. The molecule has 1 aliphatic heterocycles. The Hall–Kier alpha value is -1.35. The molecule has 0 aliphatic carbocycles. The fraction of sp³-hybridized carbons (Fsp3) is 0. The van der Waals surface area contributed by atoms with Crippen LogP contribution in [0.15, 0.2) is 51.0 Å². The minimum Gasteiger partial charge on any atom is -0.455 e.